The van der Waals surface area contributed by atoms with Crippen LogP contribution in [0.25, 0.3) is 6.20 Å². The van der Waals surface area contributed by atoms with Crippen LogP contribution in [-0.2, 0) is 0 Å². The normalized spacial score (nSPS) is 14.2. The highest BCUT2D eigenvalue weighted by atomic mass is 35.5. The van der Waals surface area contributed by atoms with Crippen molar-refractivity contribution in [2.24, 2.45) is 0 Å². The molecule has 9 nitrogen and oxygen atoms in total. The number of hydrogen-bond donors (Lipinski definition) is 1. The van der Waals surface area contributed by atoms with Gasteiger partial charge in [0.1, 0.15) is 11.4 Å². The number of hydrogen-bond acceptors (Lipinski definition) is 6. The predicted octanol–water partition coefficient (Wildman–Crippen LogP) is 3.99. The lowest BCUT2D eigenvalue weighted by Gasteiger charge is -2.23. The number of ether oxygens (including phenoxy) is 1. The topological polar surface area (TPSA) is 101 Å². The number of carbonyl (C=O) groups is 2. The summed E-state index contributed by atoms with van der Waals surface area (Å²) in [5.74, 6) is 0.589. The number of amides is 2. The van der Waals surface area contributed by atoms with Crippen LogP contribution in [0.3, 0.4) is 0 Å². The molecule has 2 amide bonds. The average molecular weight is 472 g/mol. The maximum atomic E-state index is 12.9. The van der Waals surface area contributed by atoms with E-state index in [-0.39, 0.29) is 30.2 Å². The van der Waals surface area contributed by atoms with Gasteiger partial charge in [-0.15, -0.1) is 0 Å². The lowest BCUT2D eigenvalue weighted by Crippen LogP contribution is -2.40. The van der Waals surface area contributed by atoms with Gasteiger partial charge in [0.2, 0.25) is 0 Å². The second-order valence-corrected chi connectivity index (χ2v) is 8.00. The van der Waals surface area contributed by atoms with Gasteiger partial charge in [-0.3, -0.25) is 19.2 Å². The second kappa shape index (κ2) is 10.9. The minimum Gasteiger partial charge on any atom is -0.424 e. The molecule has 2 aromatic heterocycles. The molecule has 0 unspecified atom stereocenters. The SMILES string of the molecule is Cc1cncc(Oc2nc(N(C)C(=O)N(C)CCCO)c(C=O)n2C=C2C=CC(Cl)=CC2)c1. The molecule has 0 radical (unpaired) electrons. The molecule has 2 aromatic rings. The van der Waals surface area contributed by atoms with E-state index < -0.39 is 0 Å². The third-order valence-corrected chi connectivity index (χ3v) is 5.21. The van der Waals surface area contributed by atoms with Crippen LogP contribution in [0, 0.1) is 6.92 Å². The van der Waals surface area contributed by atoms with E-state index in [1.165, 1.54) is 21.4 Å². The summed E-state index contributed by atoms with van der Waals surface area (Å²) in [5, 5.41) is 9.68. The summed E-state index contributed by atoms with van der Waals surface area (Å²) in [4.78, 5) is 36.3. The molecule has 3 rings (SSSR count). The number of anilines is 1. The van der Waals surface area contributed by atoms with E-state index >= 15 is 0 Å². The van der Waals surface area contributed by atoms with Crippen molar-refractivity contribution in [1.29, 1.82) is 0 Å². The van der Waals surface area contributed by atoms with Gasteiger partial charge >= 0.3 is 12.0 Å². The van der Waals surface area contributed by atoms with Crippen LogP contribution in [-0.4, -0.2) is 64.1 Å². The van der Waals surface area contributed by atoms with Crippen LogP contribution in [0.4, 0.5) is 10.6 Å². The molecule has 33 heavy (non-hydrogen) atoms. The number of aliphatic hydroxyl groups excluding tert-OH is 1. The van der Waals surface area contributed by atoms with E-state index in [1.807, 2.05) is 19.1 Å². The number of allylic oxidation sites excluding steroid dienone is 5. The van der Waals surface area contributed by atoms with Crippen molar-refractivity contribution in [3.05, 3.63) is 58.6 Å². The third kappa shape index (κ3) is 5.88. The van der Waals surface area contributed by atoms with Crippen LogP contribution in [0.2, 0.25) is 0 Å². The van der Waals surface area contributed by atoms with Gasteiger partial charge in [-0.2, -0.15) is 4.98 Å². The summed E-state index contributed by atoms with van der Waals surface area (Å²) < 4.78 is 7.48. The summed E-state index contributed by atoms with van der Waals surface area (Å²) in [6.45, 7) is 2.21. The lowest BCUT2D eigenvalue weighted by molar-refractivity contribution is 0.111. The number of carbonyl (C=O) groups excluding carboxylic acids is 2. The smallest absolute Gasteiger partial charge is 0.325 e. The molecular formula is C23H26ClN5O4. The molecule has 0 aromatic carbocycles. The standard InChI is InChI=1S/C23H26ClN5O4/c1-16-11-19(13-25-12-16)33-22-26-21(28(3)23(32)27(2)9-4-10-30)20(15-31)29(22)14-17-5-7-18(24)8-6-17/h5,7-8,11-15,30H,4,6,9-10H2,1-3H3. The van der Waals surface area contributed by atoms with E-state index in [2.05, 4.69) is 9.97 Å². The molecular weight excluding hydrogens is 446 g/mol. The Bertz CT molecular complexity index is 1120. The zero-order valence-corrected chi connectivity index (χ0v) is 19.5. The monoisotopic (exact) mass is 471 g/mol. The minimum atomic E-state index is -0.375. The number of pyridine rings is 1. The molecule has 0 fully saturated rings. The van der Waals surface area contributed by atoms with Gasteiger partial charge in [0.15, 0.2) is 12.1 Å². The van der Waals surface area contributed by atoms with Gasteiger partial charge in [-0.25, -0.2) is 4.79 Å². The van der Waals surface area contributed by atoms with E-state index in [9.17, 15) is 9.59 Å². The van der Waals surface area contributed by atoms with Crippen LogP contribution in [0.15, 0.2) is 47.3 Å². The number of rotatable bonds is 8. The fourth-order valence-electron chi connectivity index (χ4n) is 3.20. The Morgan fingerprint density at radius 2 is 2.12 bits per heavy atom. The number of aliphatic hydroxyl groups is 1. The first-order valence-electron chi connectivity index (χ1n) is 10.3. The summed E-state index contributed by atoms with van der Waals surface area (Å²) >= 11 is 6.02. The molecule has 10 heteroatoms. The highest BCUT2D eigenvalue weighted by molar-refractivity contribution is 6.31. The Morgan fingerprint density at radius 1 is 1.33 bits per heavy atom. The Labute approximate surface area is 197 Å². The van der Waals surface area contributed by atoms with Crippen LogP contribution in [0.1, 0.15) is 28.9 Å². The van der Waals surface area contributed by atoms with E-state index in [0.717, 1.165) is 11.1 Å². The third-order valence-electron chi connectivity index (χ3n) is 4.93. The molecule has 0 saturated heterocycles. The van der Waals surface area contributed by atoms with Gasteiger partial charge in [0.25, 0.3) is 0 Å². The molecule has 1 aliphatic rings. The lowest BCUT2D eigenvalue weighted by atomic mass is 10.1. The van der Waals surface area contributed by atoms with E-state index in [0.29, 0.717) is 36.5 Å². The molecule has 0 atom stereocenters. The second-order valence-electron chi connectivity index (χ2n) is 7.56. The largest absolute Gasteiger partial charge is 0.424 e. The number of imidazole rings is 1. The fraction of sp³-hybridized carbons (Fsp3) is 0.304. The Balaban J connectivity index is 2.04. The van der Waals surface area contributed by atoms with Gasteiger partial charge in [0.05, 0.1) is 6.20 Å². The van der Waals surface area contributed by atoms with Crippen molar-refractivity contribution in [3.8, 4) is 11.8 Å². The van der Waals surface area contributed by atoms with Gasteiger partial charge < -0.3 is 14.7 Å². The summed E-state index contributed by atoms with van der Waals surface area (Å²) in [6.07, 6.45) is 12.0. The Hall–Kier alpha value is -3.43. The summed E-state index contributed by atoms with van der Waals surface area (Å²) in [5.41, 5.74) is 1.92. The predicted molar refractivity (Wildman–Crippen MR) is 127 cm³/mol. The number of aldehydes is 1. The first kappa shape index (κ1) is 24.2. The zero-order valence-electron chi connectivity index (χ0n) is 18.7. The maximum Gasteiger partial charge on any atom is 0.325 e. The number of aromatic nitrogens is 3. The molecule has 0 spiro atoms. The van der Waals surface area contributed by atoms with Crippen molar-refractivity contribution >= 4 is 35.9 Å². The first-order chi connectivity index (χ1) is 15.8. The van der Waals surface area contributed by atoms with Crippen LogP contribution >= 0.6 is 11.6 Å². The molecule has 0 aliphatic heterocycles. The Morgan fingerprint density at radius 3 is 2.76 bits per heavy atom. The number of halogens is 1. The molecule has 1 N–H and O–H groups in total. The van der Waals surface area contributed by atoms with Crippen molar-refractivity contribution in [2.75, 3.05) is 32.1 Å². The van der Waals surface area contributed by atoms with Crippen molar-refractivity contribution in [1.82, 2.24) is 19.4 Å². The van der Waals surface area contributed by atoms with Crippen molar-refractivity contribution in [3.63, 3.8) is 0 Å². The first-order valence-corrected chi connectivity index (χ1v) is 10.7. The highest BCUT2D eigenvalue weighted by Crippen LogP contribution is 2.30. The highest BCUT2D eigenvalue weighted by Gasteiger charge is 2.26. The quantitative estimate of drug-likeness (QED) is 0.584. The molecule has 2 heterocycles. The maximum absolute atomic E-state index is 12.9. The summed E-state index contributed by atoms with van der Waals surface area (Å²) in [6, 6.07) is 1.53. The number of aryl methyl sites for hydroxylation is 1. The van der Waals surface area contributed by atoms with Gasteiger partial charge in [-0.05, 0) is 43.0 Å². The molecule has 1 aliphatic carbocycles. The van der Waals surface area contributed by atoms with Crippen molar-refractivity contribution < 1.29 is 19.4 Å². The summed E-state index contributed by atoms with van der Waals surface area (Å²) in [7, 11) is 3.15. The molecule has 0 saturated carbocycles. The molecule has 174 valence electrons. The van der Waals surface area contributed by atoms with E-state index in [1.54, 1.807) is 37.8 Å². The minimum absolute atomic E-state index is 0.0301. The van der Waals surface area contributed by atoms with Gasteiger partial charge in [-0.1, -0.05) is 23.8 Å². The Kier molecular flexibility index (Phi) is 8.02. The molecule has 0 bridgehead atoms. The zero-order chi connectivity index (χ0) is 24.0. The number of nitrogens with zero attached hydrogens (tertiary/aromatic N) is 5. The van der Waals surface area contributed by atoms with E-state index in [4.69, 9.17) is 21.4 Å². The van der Waals surface area contributed by atoms with Crippen LogP contribution in [0.5, 0.6) is 11.8 Å². The van der Waals surface area contributed by atoms with Crippen LogP contribution < -0.4 is 9.64 Å². The average Bonchev–Trinajstić information content (AvgIpc) is 3.14. The van der Waals surface area contributed by atoms with Gasteiger partial charge in [0, 0.05) is 44.7 Å². The fourth-order valence-corrected chi connectivity index (χ4v) is 3.34. The number of urea groups is 1. The van der Waals surface area contributed by atoms with Crippen molar-refractivity contribution in [2.45, 2.75) is 19.8 Å².